The van der Waals surface area contributed by atoms with Gasteiger partial charge in [0.25, 0.3) is 0 Å². The highest BCUT2D eigenvalue weighted by Gasteiger charge is 2.27. The smallest absolute Gasteiger partial charge is 0.330 e. The Morgan fingerprint density at radius 1 is 1.32 bits per heavy atom. The summed E-state index contributed by atoms with van der Waals surface area (Å²) >= 11 is 5.68. The van der Waals surface area contributed by atoms with Gasteiger partial charge in [0.15, 0.2) is 0 Å². The number of rotatable bonds is 2. The van der Waals surface area contributed by atoms with Crippen LogP contribution < -0.4 is 0 Å². The molecule has 0 atom stereocenters. The molecule has 1 aliphatic rings. The molecule has 1 aromatic carbocycles. The van der Waals surface area contributed by atoms with E-state index in [2.05, 4.69) is 0 Å². The maximum atomic E-state index is 13.4. The zero-order chi connectivity index (χ0) is 16.3. The molecule has 0 aliphatic carbocycles. The predicted octanol–water partition coefficient (Wildman–Crippen LogP) is 4.46. The second kappa shape index (κ2) is 6.80. The quantitative estimate of drug-likeness (QED) is 0.804. The van der Waals surface area contributed by atoms with E-state index in [9.17, 15) is 9.18 Å². The van der Waals surface area contributed by atoms with Gasteiger partial charge < -0.3 is 4.84 Å². The maximum Gasteiger partial charge on any atom is 0.330 e. The van der Waals surface area contributed by atoms with Crippen molar-refractivity contribution < 1.29 is 14.0 Å². The lowest BCUT2D eigenvalue weighted by atomic mass is 9.97. The molecule has 1 fully saturated rings. The van der Waals surface area contributed by atoms with Crippen molar-refractivity contribution in [2.75, 3.05) is 13.1 Å². The van der Waals surface area contributed by atoms with E-state index in [-0.39, 0.29) is 11.0 Å². The van der Waals surface area contributed by atoms with Gasteiger partial charge in [0.2, 0.25) is 0 Å². The van der Waals surface area contributed by atoms with E-state index < -0.39 is 11.2 Å². The average Bonchev–Trinajstić information content (AvgIpc) is 2.44. The van der Waals surface area contributed by atoms with Gasteiger partial charge in [-0.05, 0) is 51.3 Å². The second-order valence-electron chi connectivity index (χ2n) is 6.53. The molecule has 1 heterocycles. The summed E-state index contributed by atoms with van der Waals surface area (Å²) < 4.78 is 13.4. The van der Waals surface area contributed by atoms with E-state index in [0.29, 0.717) is 13.1 Å². The lowest BCUT2D eigenvalue weighted by Gasteiger charge is -2.29. The van der Waals surface area contributed by atoms with Crippen LogP contribution >= 0.6 is 11.6 Å². The summed E-state index contributed by atoms with van der Waals surface area (Å²) in [6, 6.07) is 4.79. The molecule has 5 heteroatoms. The molecule has 3 nitrogen and oxygen atoms in total. The van der Waals surface area contributed by atoms with Crippen LogP contribution in [-0.2, 0) is 9.63 Å². The van der Waals surface area contributed by atoms with Crippen molar-refractivity contribution in [2.45, 2.75) is 33.6 Å². The Morgan fingerprint density at radius 2 is 1.95 bits per heavy atom. The zero-order valence-electron chi connectivity index (χ0n) is 13.2. The largest absolute Gasteiger partial charge is 0.367 e. The number of carbonyl (C=O) groups is 1. The van der Waals surface area contributed by atoms with Crippen molar-refractivity contribution >= 4 is 23.6 Å². The van der Waals surface area contributed by atoms with Gasteiger partial charge in [-0.15, -0.1) is 5.06 Å². The number of carbonyl (C=O) groups excluding carboxylic acids is 1. The van der Waals surface area contributed by atoms with Gasteiger partial charge in [-0.2, -0.15) is 0 Å². The van der Waals surface area contributed by atoms with E-state index in [0.717, 1.165) is 18.4 Å². The maximum absolute atomic E-state index is 13.4. The summed E-state index contributed by atoms with van der Waals surface area (Å²) in [6.45, 7) is 6.81. The van der Waals surface area contributed by atoms with Crippen molar-refractivity contribution in [1.82, 2.24) is 5.06 Å². The molecule has 0 unspecified atom stereocenters. The van der Waals surface area contributed by atoms with Crippen LogP contribution in [0.4, 0.5) is 4.39 Å². The number of piperidine rings is 1. The minimum Gasteiger partial charge on any atom is -0.367 e. The van der Waals surface area contributed by atoms with Gasteiger partial charge >= 0.3 is 5.97 Å². The highest BCUT2D eigenvalue weighted by atomic mass is 35.5. The Balaban J connectivity index is 1.93. The van der Waals surface area contributed by atoms with E-state index in [4.69, 9.17) is 16.4 Å². The van der Waals surface area contributed by atoms with Crippen LogP contribution in [0.25, 0.3) is 6.08 Å². The summed E-state index contributed by atoms with van der Waals surface area (Å²) in [5.41, 5.74) is 1.51. The molecular weight excluding hydrogens is 305 g/mol. The molecule has 120 valence electrons. The minimum atomic E-state index is -0.503. The van der Waals surface area contributed by atoms with Gasteiger partial charge in [0.1, 0.15) is 5.82 Å². The number of benzene rings is 1. The first-order valence-corrected chi connectivity index (χ1v) is 7.75. The van der Waals surface area contributed by atoms with Crippen molar-refractivity contribution in [1.29, 1.82) is 0 Å². The lowest BCUT2D eigenvalue weighted by molar-refractivity contribution is -0.202. The molecule has 0 radical (unpaired) electrons. The van der Waals surface area contributed by atoms with Gasteiger partial charge in [-0.3, -0.25) is 0 Å². The Labute approximate surface area is 135 Å². The minimum absolute atomic E-state index is 0.131. The third-order valence-electron chi connectivity index (χ3n) is 3.50. The fourth-order valence-corrected chi connectivity index (χ4v) is 2.22. The fourth-order valence-electron chi connectivity index (χ4n) is 2.10. The number of hydrogen-bond acceptors (Lipinski definition) is 3. The lowest BCUT2D eigenvalue weighted by Crippen LogP contribution is -2.37. The summed E-state index contributed by atoms with van der Waals surface area (Å²) in [4.78, 5) is 17.2. The molecule has 0 amide bonds. The van der Waals surface area contributed by atoms with E-state index in [1.165, 1.54) is 11.6 Å². The van der Waals surface area contributed by atoms with E-state index in [1.54, 1.807) is 17.2 Å². The molecule has 0 bridgehead atoms. The summed E-state index contributed by atoms with van der Waals surface area (Å²) in [7, 11) is 0. The van der Waals surface area contributed by atoms with Crippen LogP contribution in [0.5, 0.6) is 0 Å². The molecule has 0 spiro atoms. The van der Waals surface area contributed by atoms with Crippen molar-refractivity contribution in [3.05, 3.63) is 40.2 Å². The highest BCUT2D eigenvalue weighted by Crippen LogP contribution is 2.23. The van der Waals surface area contributed by atoms with Crippen molar-refractivity contribution in [2.24, 2.45) is 5.41 Å². The zero-order valence-corrected chi connectivity index (χ0v) is 13.9. The SMILES string of the molecule is CC(C)(C)C(=O)ON1CCC(=Cc2ccc(Cl)c(F)c2)CC1. The molecule has 1 aromatic rings. The van der Waals surface area contributed by atoms with Crippen LogP contribution in [0.15, 0.2) is 23.8 Å². The Hall–Kier alpha value is -1.39. The Bertz CT molecular complexity index is 583. The molecular formula is C17H21ClFNO2. The van der Waals surface area contributed by atoms with Gasteiger partial charge in [0, 0.05) is 13.1 Å². The first-order chi connectivity index (χ1) is 10.3. The van der Waals surface area contributed by atoms with Crippen LogP contribution in [0.3, 0.4) is 0 Å². The van der Waals surface area contributed by atoms with Gasteiger partial charge in [-0.1, -0.05) is 29.3 Å². The number of halogens is 2. The number of hydrogen-bond donors (Lipinski definition) is 0. The monoisotopic (exact) mass is 325 g/mol. The Morgan fingerprint density at radius 3 is 2.50 bits per heavy atom. The first kappa shape index (κ1) is 17.0. The first-order valence-electron chi connectivity index (χ1n) is 7.37. The average molecular weight is 326 g/mol. The standard InChI is InChI=1S/C17H21ClFNO2/c1-17(2,3)16(21)22-20-8-6-12(7-9-20)10-13-4-5-14(18)15(19)11-13/h4-5,10-11H,6-9H2,1-3H3. The molecule has 22 heavy (non-hydrogen) atoms. The van der Waals surface area contributed by atoms with Crippen molar-refractivity contribution in [3.8, 4) is 0 Å². The van der Waals surface area contributed by atoms with Gasteiger partial charge in [0.05, 0.1) is 10.4 Å². The topological polar surface area (TPSA) is 29.5 Å². The summed E-state index contributed by atoms with van der Waals surface area (Å²) in [5.74, 6) is -0.632. The fraction of sp³-hybridized carbons (Fsp3) is 0.471. The predicted molar refractivity (Wildman–Crippen MR) is 85.7 cm³/mol. The van der Waals surface area contributed by atoms with Gasteiger partial charge in [-0.25, -0.2) is 9.18 Å². The molecule has 2 rings (SSSR count). The number of nitrogens with zero attached hydrogens (tertiary/aromatic N) is 1. The molecule has 1 saturated heterocycles. The third kappa shape index (κ3) is 4.55. The summed E-state index contributed by atoms with van der Waals surface area (Å²) in [6.07, 6.45) is 3.56. The van der Waals surface area contributed by atoms with Crippen LogP contribution in [0.1, 0.15) is 39.2 Å². The third-order valence-corrected chi connectivity index (χ3v) is 3.81. The summed E-state index contributed by atoms with van der Waals surface area (Å²) in [5, 5.41) is 1.83. The number of hydroxylamine groups is 2. The van der Waals surface area contributed by atoms with Crippen molar-refractivity contribution in [3.63, 3.8) is 0 Å². The molecule has 0 aromatic heterocycles. The highest BCUT2D eigenvalue weighted by molar-refractivity contribution is 6.30. The normalized spacial score (nSPS) is 16.5. The van der Waals surface area contributed by atoms with E-state index >= 15 is 0 Å². The van der Waals surface area contributed by atoms with Crippen LogP contribution in [0, 0.1) is 11.2 Å². The van der Waals surface area contributed by atoms with E-state index in [1.807, 2.05) is 26.8 Å². The molecule has 0 saturated carbocycles. The Kier molecular flexibility index (Phi) is 5.24. The van der Waals surface area contributed by atoms with Crippen LogP contribution in [-0.4, -0.2) is 24.1 Å². The van der Waals surface area contributed by atoms with Crippen LogP contribution in [0.2, 0.25) is 5.02 Å². The molecule has 1 aliphatic heterocycles. The molecule has 0 N–H and O–H groups in total. The second-order valence-corrected chi connectivity index (χ2v) is 6.94.